The van der Waals surface area contributed by atoms with Crippen LogP contribution in [0.2, 0.25) is 0 Å². The molecule has 0 aromatic heterocycles. The van der Waals surface area contributed by atoms with Crippen LogP contribution in [0.3, 0.4) is 0 Å². The van der Waals surface area contributed by atoms with E-state index >= 15 is 0 Å². The molecule has 0 aromatic carbocycles. The Morgan fingerprint density at radius 1 is 1.78 bits per heavy atom. The molecule has 1 radical (unpaired) electrons. The van der Waals surface area contributed by atoms with Crippen molar-refractivity contribution in [2.45, 2.75) is 26.1 Å². The van der Waals surface area contributed by atoms with Crippen LogP contribution in [-0.2, 0) is 9.84 Å². The maximum absolute atomic E-state index is 10.6. The Morgan fingerprint density at radius 2 is 2.44 bits per heavy atom. The van der Waals surface area contributed by atoms with Gasteiger partial charge in [-0.05, 0) is 0 Å². The van der Waals surface area contributed by atoms with Gasteiger partial charge in [-0.1, -0.05) is 19.4 Å². The standard InChI is InChI=1S/C7H13O2/c1-3-5-7(8)9-6-4-2/h4,7H,2-3,5-6H2,1H3. The zero-order valence-corrected chi connectivity index (χ0v) is 5.80. The molecule has 0 amide bonds. The van der Waals surface area contributed by atoms with Gasteiger partial charge in [-0.25, -0.2) is 5.11 Å². The van der Waals surface area contributed by atoms with E-state index < -0.39 is 6.29 Å². The molecule has 2 heteroatoms. The molecule has 0 bridgehead atoms. The molecule has 0 aliphatic heterocycles. The van der Waals surface area contributed by atoms with Gasteiger partial charge in [-0.15, -0.1) is 6.58 Å². The van der Waals surface area contributed by atoms with Gasteiger partial charge in [-0.2, -0.15) is 0 Å². The normalized spacial score (nSPS) is 13.1. The smallest absolute Gasteiger partial charge is 0.191 e. The van der Waals surface area contributed by atoms with E-state index in [9.17, 15) is 5.11 Å². The van der Waals surface area contributed by atoms with Gasteiger partial charge in [0.25, 0.3) is 0 Å². The van der Waals surface area contributed by atoms with E-state index in [0.29, 0.717) is 13.0 Å². The predicted octanol–water partition coefficient (Wildman–Crippen LogP) is 1.75. The van der Waals surface area contributed by atoms with Gasteiger partial charge in [0.1, 0.15) is 0 Å². The first kappa shape index (κ1) is 8.66. The minimum absolute atomic E-state index is 0.369. The van der Waals surface area contributed by atoms with Gasteiger partial charge in [0, 0.05) is 6.42 Å². The van der Waals surface area contributed by atoms with Crippen LogP contribution in [0.5, 0.6) is 0 Å². The summed E-state index contributed by atoms with van der Waals surface area (Å²) in [6, 6.07) is 0. The monoisotopic (exact) mass is 129 g/mol. The van der Waals surface area contributed by atoms with Crippen LogP contribution >= 0.6 is 0 Å². The zero-order valence-electron chi connectivity index (χ0n) is 5.80. The number of hydrogen-bond acceptors (Lipinski definition) is 1. The van der Waals surface area contributed by atoms with Crippen LogP contribution in [0, 0.1) is 0 Å². The first-order valence-electron chi connectivity index (χ1n) is 3.19. The highest BCUT2D eigenvalue weighted by Gasteiger charge is 2.00. The van der Waals surface area contributed by atoms with E-state index in [1.165, 1.54) is 0 Å². The second-order valence-electron chi connectivity index (χ2n) is 1.84. The predicted molar refractivity (Wildman–Crippen MR) is 35.5 cm³/mol. The van der Waals surface area contributed by atoms with Crippen LogP contribution in [-0.4, -0.2) is 12.9 Å². The van der Waals surface area contributed by atoms with Gasteiger partial charge >= 0.3 is 0 Å². The Bertz CT molecular complexity index is 71.3. The minimum Gasteiger partial charge on any atom is -0.346 e. The molecule has 2 nitrogen and oxygen atoms in total. The highest BCUT2D eigenvalue weighted by atomic mass is 16.6. The third-order valence-electron chi connectivity index (χ3n) is 0.924. The molecule has 0 aromatic rings. The number of ether oxygens (including phenoxy) is 1. The lowest BCUT2D eigenvalue weighted by atomic mass is 10.3. The molecule has 0 aliphatic rings. The first-order valence-corrected chi connectivity index (χ1v) is 3.19. The third kappa shape index (κ3) is 5.53. The molecule has 0 heterocycles. The molecule has 0 saturated carbocycles. The minimum atomic E-state index is -0.854. The van der Waals surface area contributed by atoms with E-state index in [1.807, 2.05) is 6.92 Å². The van der Waals surface area contributed by atoms with Crippen molar-refractivity contribution >= 4 is 0 Å². The summed E-state index contributed by atoms with van der Waals surface area (Å²) >= 11 is 0. The molecular weight excluding hydrogens is 116 g/mol. The summed E-state index contributed by atoms with van der Waals surface area (Å²) in [5.41, 5.74) is 0. The molecule has 9 heavy (non-hydrogen) atoms. The number of hydrogen-bond donors (Lipinski definition) is 0. The van der Waals surface area contributed by atoms with Crippen molar-refractivity contribution in [3.8, 4) is 0 Å². The van der Waals surface area contributed by atoms with Crippen molar-refractivity contribution < 1.29 is 9.84 Å². The molecule has 0 aliphatic carbocycles. The Hall–Kier alpha value is -0.340. The van der Waals surface area contributed by atoms with Gasteiger partial charge < -0.3 is 4.74 Å². The third-order valence-corrected chi connectivity index (χ3v) is 0.924. The van der Waals surface area contributed by atoms with Gasteiger partial charge in [0.2, 0.25) is 0 Å². The van der Waals surface area contributed by atoms with Crippen molar-refractivity contribution in [3.63, 3.8) is 0 Å². The number of rotatable bonds is 5. The quantitative estimate of drug-likeness (QED) is 0.410. The molecule has 0 spiro atoms. The highest BCUT2D eigenvalue weighted by molar-refractivity contribution is 4.64. The SMILES string of the molecule is C=CCOC([O])CCC. The second kappa shape index (κ2) is 5.79. The second-order valence-corrected chi connectivity index (χ2v) is 1.84. The fraction of sp³-hybridized carbons (Fsp3) is 0.714. The largest absolute Gasteiger partial charge is 0.346 e. The summed E-state index contributed by atoms with van der Waals surface area (Å²) in [4.78, 5) is 0. The maximum Gasteiger partial charge on any atom is 0.191 e. The molecule has 1 unspecified atom stereocenters. The van der Waals surface area contributed by atoms with Crippen LogP contribution < -0.4 is 0 Å². The first-order chi connectivity index (χ1) is 4.31. The fourth-order valence-electron chi connectivity index (χ4n) is 0.494. The topological polar surface area (TPSA) is 29.1 Å². The van der Waals surface area contributed by atoms with Gasteiger partial charge in [-0.3, -0.25) is 0 Å². The van der Waals surface area contributed by atoms with E-state index in [4.69, 9.17) is 4.74 Å². The molecule has 53 valence electrons. The Labute approximate surface area is 56.1 Å². The van der Waals surface area contributed by atoms with Crippen molar-refractivity contribution in [2.75, 3.05) is 6.61 Å². The summed E-state index contributed by atoms with van der Waals surface area (Å²) in [6.45, 7) is 5.76. The average Bonchev–Trinajstić information content (AvgIpc) is 1.85. The highest BCUT2D eigenvalue weighted by Crippen LogP contribution is 1.97. The Balaban J connectivity index is 3.04. The van der Waals surface area contributed by atoms with Gasteiger partial charge in [0.15, 0.2) is 6.29 Å². The van der Waals surface area contributed by atoms with Crippen LogP contribution in [0.4, 0.5) is 0 Å². The fourth-order valence-corrected chi connectivity index (χ4v) is 0.494. The summed E-state index contributed by atoms with van der Waals surface area (Å²) in [7, 11) is 0. The lowest BCUT2D eigenvalue weighted by Gasteiger charge is -2.04. The molecule has 1 atom stereocenters. The summed E-state index contributed by atoms with van der Waals surface area (Å²) in [5.74, 6) is 0. The maximum atomic E-state index is 10.6. The van der Waals surface area contributed by atoms with E-state index in [1.54, 1.807) is 6.08 Å². The molecular formula is C7H13O2. The van der Waals surface area contributed by atoms with Crippen LogP contribution in [0.25, 0.3) is 0 Å². The van der Waals surface area contributed by atoms with Crippen molar-refractivity contribution in [1.82, 2.24) is 0 Å². The Morgan fingerprint density at radius 3 is 2.89 bits per heavy atom. The molecule has 0 rings (SSSR count). The molecule has 0 fully saturated rings. The summed E-state index contributed by atoms with van der Waals surface area (Å²) < 4.78 is 4.76. The molecule has 0 N–H and O–H groups in total. The van der Waals surface area contributed by atoms with Crippen LogP contribution in [0.15, 0.2) is 12.7 Å². The van der Waals surface area contributed by atoms with Gasteiger partial charge in [0.05, 0.1) is 6.61 Å². The lowest BCUT2D eigenvalue weighted by molar-refractivity contribution is -0.135. The van der Waals surface area contributed by atoms with Crippen LogP contribution in [0.1, 0.15) is 19.8 Å². The average molecular weight is 129 g/mol. The van der Waals surface area contributed by atoms with Crippen molar-refractivity contribution in [3.05, 3.63) is 12.7 Å². The van der Waals surface area contributed by atoms with E-state index in [2.05, 4.69) is 6.58 Å². The van der Waals surface area contributed by atoms with E-state index in [-0.39, 0.29) is 0 Å². The van der Waals surface area contributed by atoms with Crippen molar-refractivity contribution in [2.24, 2.45) is 0 Å². The zero-order chi connectivity index (χ0) is 7.11. The summed E-state index contributed by atoms with van der Waals surface area (Å²) in [5, 5.41) is 10.6. The lowest BCUT2D eigenvalue weighted by Crippen LogP contribution is -2.08. The molecule has 0 saturated heterocycles. The van der Waals surface area contributed by atoms with Crippen molar-refractivity contribution in [1.29, 1.82) is 0 Å². The summed E-state index contributed by atoms with van der Waals surface area (Å²) in [6.07, 6.45) is 2.20. The van der Waals surface area contributed by atoms with E-state index in [0.717, 1.165) is 6.42 Å². The Kier molecular flexibility index (Phi) is 5.57.